The summed E-state index contributed by atoms with van der Waals surface area (Å²) in [6.45, 7) is 5.04. The molecule has 1 N–H and O–H groups in total. The van der Waals surface area contributed by atoms with Crippen LogP contribution in [-0.4, -0.2) is 33.7 Å². The number of pyridine rings is 2. The molecule has 1 saturated carbocycles. The van der Waals surface area contributed by atoms with Crippen LogP contribution in [0, 0.1) is 6.92 Å². The lowest BCUT2D eigenvalue weighted by atomic mass is 9.96. The van der Waals surface area contributed by atoms with E-state index in [9.17, 15) is 9.59 Å². The van der Waals surface area contributed by atoms with Crippen LogP contribution in [0.2, 0.25) is 0 Å². The van der Waals surface area contributed by atoms with Crippen LogP contribution in [0.1, 0.15) is 55.1 Å². The molecule has 1 atom stereocenters. The lowest BCUT2D eigenvalue weighted by molar-refractivity contribution is 0.00987. The fourth-order valence-electron chi connectivity index (χ4n) is 4.33. The molecule has 1 aliphatic heterocycles. The van der Waals surface area contributed by atoms with Gasteiger partial charge in [-0.25, -0.2) is 4.98 Å². The van der Waals surface area contributed by atoms with Crippen molar-refractivity contribution in [1.29, 1.82) is 0 Å². The van der Waals surface area contributed by atoms with E-state index in [4.69, 9.17) is 4.74 Å². The van der Waals surface area contributed by atoms with Gasteiger partial charge < -0.3 is 14.6 Å². The molecular weight excluding hydrogens is 330 g/mol. The highest BCUT2D eigenvalue weighted by Crippen LogP contribution is 2.40. The van der Waals surface area contributed by atoms with Gasteiger partial charge in [-0.2, -0.15) is 0 Å². The minimum atomic E-state index is -0.316. The summed E-state index contributed by atoms with van der Waals surface area (Å²) in [5.74, 6) is -0.316. The zero-order valence-electron chi connectivity index (χ0n) is 15.4. The Morgan fingerprint density at radius 2 is 2.15 bits per heavy atom. The Labute approximate surface area is 152 Å². The van der Waals surface area contributed by atoms with Crippen LogP contribution >= 0.6 is 0 Å². The van der Waals surface area contributed by atoms with E-state index in [-0.39, 0.29) is 28.5 Å². The zero-order valence-corrected chi connectivity index (χ0v) is 15.4. The molecule has 138 valence electrons. The van der Waals surface area contributed by atoms with Gasteiger partial charge in [-0.3, -0.25) is 9.59 Å². The molecule has 0 radical (unpaired) electrons. The number of carbonyl (C=O) groups is 1. The Kier molecular flexibility index (Phi) is 4.31. The van der Waals surface area contributed by atoms with Crippen LogP contribution in [-0.2, 0) is 11.3 Å². The Bertz CT molecular complexity index is 912. The average molecular weight is 355 g/mol. The summed E-state index contributed by atoms with van der Waals surface area (Å²) >= 11 is 0. The number of amides is 1. The number of nitrogens with zero attached hydrogens (tertiary/aromatic N) is 2. The summed E-state index contributed by atoms with van der Waals surface area (Å²) in [5.41, 5.74) is 1.35. The van der Waals surface area contributed by atoms with Gasteiger partial charge in [0.05, 0.1) is 23.6 Å². The Morgan fingerprint density at radius 1 is 1.38 bits per heavy atom. The third-order valence-corrected chi connectivity index (χ3v) is 5.71. The van der Waals surface area contributed by atoms with Crippen molar-refractivity contribution in [2.24, 2.45) is 0 Å². The Morgan fingerprint density at radius 3 is 2.88 bits per heavy atom. The standard InChI is InChI=1S/C20H25N3O3/c1-3-23-11-16(17(24)15-7-6-13(2)21-18(15)23)19(25)22-14-10-20(26-12-14)8-4-5-9-20/h6-7,11,14H,3-5,8-10,12H2,1-2H3,(H,22,25)/t14-/m1/s1. The van der Waals surface area contributed by atoms with E-state index in [1.54, 1.807) is 18.3 Å². The number of fused-ring (bicyclic) bond motifs is 1. The van der Waals surface area contributed by atoms with Crippen LogP contribution in [0.15, 0.2) is 23.1 Å². The molecule has 2 aromatic heterocycles. The van der Waals surface area contributed by atoms with E-state index in [1.165, 1.54) is 12.8 Å². The highest BCUT2D eigenvalue weighted by molar-refractivity contribution is 5.97. The van der Waals surface area contributed by atoms with Gasteiger partial charge in [0.1, 0.15) is 11.2 Å². The van der Waals surface area contributed by atoms with Gasteiger partial charge in [-0.15, -0.1) is 0 Å². The van der Waals surface area contributed by atoms with Crippen molar-refractivity contribution >= 4 is 16.9 Å². The molecule has 1 spiro atoms. The van der Waals surface area contributed by atoms with Crippen LogP contribution in [0.25, 0.3) is 11.0 Å². The number of aromatic nitrogens is 2. The smallest absolute Gasteiger partial charge is 0.257 e. The van der Waals surface area contributed by atoms with Crippen LogP contribution in [0.5, 0.6) is 0 Å². The average Bonchev–Trinajstić information content (AvgIpc) is 3.25. The maximum Gasteiger partial charge on any atom is 0.257 e. The van der Waals surface area contributed by atoms with Gasteiger partial charge in [-0.05, 0) is 45.2 Å². The van der Waals surface area contributed by atoms with Gasteiger partial charge in [0, 0.05) is 18.4 Å². The predicted molar refractivity (Wildman–Crippen MR) is 99.4 cm³/mol. The zero-order chi connectivity index (χ0) is 18.3. The van der Waals surface area contributed by atoms with Crippen molar-refractivity contribution in [2.75, 3.05) is 6.61 Å². The van der Waals surface area contributed by atoms with Gasteiger partial charge in [0.2, 0.25) is 5.43 Å². The van der Waals surface area contributed by atoms with Crippen molar-refractivity contribution in [3.8, 4) is 0 Å². The van der Waals surface area contributed by atoms with Crippen LogP contribution < -0.4 is 10.7 Å². The summed E-state index contributed by atoms with van der Waals surface area (Å²) in [6, 6.07) is 3.54. The quantitative estimate of drug-likeness (QED) is 0.918. The first-order valence-electron chi connectivity index (χ1n) is 9.47. The van der Waals surface area contributed by atoms with E-state index >= 15 is 0 Å². The molecule has 0 unspecified atom stereocenters. The Hall–Kier alpha value is -2.21. The number of hydrogen-bond donors (Lipinski definition) is 1. The predicted octanol–water partition coefficient (Wildman–Crippen LogP) is 2.56. The molecule has 26 heavy (non-hydrogen) atoms. The lowest BCUT2D eigenvalue weighted by Crippen LogP contribution is -2.38. The SMILES string of the molecule is CCn1cc(C(=O)N[C@H]2COC3(CCCC3)C2)c(=O)c2ccc(C)nc21. The highest BCUT2D eigenvalue weighted by Gasteiger charge is 2.43. The summed E-state index contributed by atoms with van der Waals surface area (Å²) in [5, 5.41) is 3.50. The summed E-state index contributed by atoms with van der Waals surface area (Å²) in [6.07, 6.45) is 7.01. The fraction of sp³-hybridized carbons (Fsp3) is 0.550. The second-order valence-corrected chi connectivity index (χ2v) is 7.56. The number of ether oxygens (including phenoxy) is 1. The number of nitrogens with one attached hydrogen (secondary N) is 1. The third kappa shape index (κ3) is 2.92. The molecule has 0 aromatic carbocycles. The van der Waals surface area contributed by atoms with Crippen LogP contribution in [0.4, 0.5) is 0 Å². The van der Waals surface area contributed by atoms with Crippen molar-refractivity contribution in [1.82, 2.24) is 14.9 Å². The monoisotopic (exact) mass is 355 g/mol. The maximum absolute atomic E-state index is 12.8. The summed E-state index contributed by atoms with van der Waals surface area (Å²) < 4.78 is 7.86. The minimum Gasteiger partial charge on any atom is -0.373 e. The maximum atomic E-state index is 12.8. The number of rotatable bonds is 3. The van der Waals surface area contributed by atoms with E-state index in [1.807, 2.05) is 18.4 Å². The summed E-state index contributed by atoms with van der Waals surface area (Å²) in [4.78, 5) is 30.1. The molecule has 3 heterocycles. The van der Waals surface area contributed by atoms with Crippen molar-refractivity contribution in [2.45, 2.75) is 64.1 Å². The third-order valence-electron chi connectivity index (χ3n) is 5.71. The molecule has 2 aromatic rings. The molecule has 1 saturated heterocycles. The fourth-order valence-corrected chi connectivity index (χ4v) is 4.33. The largest absolute Gasteiger partial charge is 0.373 e. The second-order valence-electron chi connectivity index (χ2n) is 7.56. The van der Waals surface area contributed by atoms with Crippen molar-refractivity contribution in [3.05, 3.63) is 39.8 Å². The first-order chi connectivity index (χ1) is 12.5. The van der Waals surface area contributed by atoms with Crippen LogP contribution in [0.3, 0.4) is 0 Å². The van der Waals surface area contributed by atoms with Gasteiger partial charge in [0.25, 0.3) is 5.91 Å². The molecule has 1 amide bonds. The van der Waals surface area contributed by atoms with Crippen molar-refractivity contribution < 1.29 is 9.53 Å². The molecule has 6 heteroatoms. The number of hydrogen-bond acceptors (Lipinski definition) is 4. The molecule has 1 aliphatic carbocycles. The molecule has 6 nitrogen and oxygen atoms in total. The van der Waals surface area contributed by atoms with Crippen molar-refractivity contribution in [3.63, 3.8) is 0 Å². The summed E-state index contributed by atoms with van der Waals surface area (Å²) in [7, 11) is 0. The van der Waals surface area contributed by atoms with E-state index in [0.29, 0.717) is 24.2 Å². The number of aryl methyl sites for hydroxylation is 2. The first-order valence-corrected chi connectivity index (χ1v) is 9.47. The molecular formula is C20H25N3O3. The first kappa shape index (κ1) is 17.2. The Balaban J connectivity index is 1.62. The number of carbonyl (C=O) groups excluding carboxylic acids is 1. The molecule has 2 fully saturated rings. The molecule has 0 bridgehead atoms. The minimum absolute atomic E-state index is 0.0260. The van der Waals surface area contributed by atoms with E-state index in [2.05, 4.69) is 10.3 Å². The van der Waals surface area contributed by atoms with Gasteiger partial charge in [0.15, 0.2) is 0 Å². The second kappa shape index (κ2) is 6.50. The topological polar surface area (TPSA) is 73.2 Å². The molecule has 2 aliphatic rings. The van der Waals surface area contributed by atoms with E-state index < -0.39 is 0 Å². The normalized spacial score (nSPS) is 21.5. The molecule has 4 rings (SSSR count). The van der Waals surface area contributed by atoms with Gasteiger partial charge >= 0.3 is 0 Å². The lowest BCUT2D eigenvalue weighted by Gasteiger charge is -2.21. The highest BCUT2D eigenvalue weighted by atomic mass is 16.5. The van der Waals surface area contributed by atoms with E-state index in [0.717, 1.165) is 25.0 Å². The van der Waals surface area contributed by atoms with Gasteiger partial charge in [-0.1, -0.05) is 12.8 Å².